The molecule has 0 amide bonds. The maximum absolute atomic E-state index is 3.60. The Morgan fingerprint density at radius 3 is 1.43 bits per heavy atom. The fraction of sp³-hybridized carbons (Fsp3) is 0.500. The second-order valence-electron chi connectivity index (χ2n) is 0.854. The van der Waals surface area contributed by atoms with Gasteiger partial charge >= 0.3 is 32.7 Å². The zero-order valence-corrected chi connectivity index (χ0v) is 8.54. The molecule has 1 heteroatoms. The van der Waals surface area contributed by atoms with Gasteiger partial charge in [-0.25, -0.2) is 0 Å². The molecule has 0 atom stereocenters. The Morgan fingerprint density at radius 2 is 1.43 bits per heavy atom. The van der Waals surface area contributed by atoms with Crippen molar-refractivity contribution in [1.82, 2.24) is 0 Å². The molecule has 0 N–H and O–H groups in total. The molecule has 0 saturated heterocycles. The van der Waals surface area contributed by atoms with Crippen molar-refractivity contribution in [2.75, 3.05) is 0 Å². The van der Waals surface area contributed by atoms with E-state index in [1.165, 1.54) is 6.42 Å². The molecule has 0 saturated carbocycles. The first-order valence-electron chi connectivity index (χ1n) is 1.71. The first kappa shape index (κ1) is 24.3. The van der Waals surface area contributed by atoms with E-state index in [1.54, 1.807) is 0 Å². The normalized spacial score (nSPS) is 4.29. The molecule has 0 aromatic carbocycles. The van der Waals surface area contributed by atoms with Crippen LogP contribution in [0.3, 0.4) is 0 Å². The van der Waals surface area contributed by atoms with Crippen LogP contribution in [0.5, 0.6) is 0 Å². The third-order valence-corrected chi connectivity index (χ3v) is 0.354. The summed E-state index contributed by atoms with van der Waals surface area (Å²) in [6, 6.07) is 0. The summed E-state index contributed by atoms with van der Waals surface area (Å²) >= 11 is 0. The quantitative estimate of drug-likeness (QED) is 0.538. The molecule has 0 fully saturated rings. The first-order valence-corrected chi connectivity index (χ1v) is 1.71. The van der Waals surface area contributed by atoms with Crippen molar-refractivity contribution in [3.05, 3.63) is 21.8 Å². The van der Waals surface area contributed by atoms with Gasteiger partial charge in [0.05, 0.1) is 0 Å². The number of rotatable bonds is 1. The fourth-order valence-corrected chi connectivity index (χ4v) is 0. The molecule has 0 rings (SSSR count). The Hall–Kier alpha value is 1.10. The van der Waals surface area contributed by atoms with Gasteiger partial charge in [0.15, 0.2) is 0 Å². The van der Waals surface area contributed by atoms with E-state index in [0.29, 0.717) is 0 Å². The van der Waals surface area contributed by atoms with Gasteiger partial charge in [-0.2, -0.15) is 6.42 Å². The van der Waals surface area contributed by atoms with Crippen LogP contribution in [0, 0.1) is 21.8 Å². The monoisotopic (exact) mass is 176 g/mol. The molecular weight excluding hydrogens is 161 g/mol. The molecule has 0 radical (unpaired) electrons. The van der Waals surface area contributed by atoms with Gasteiger partial charge in [-0.1, -0.05) is 13.3 Å². The average molecular weight is 176 g/mol. The van der Waals surface area contributed by atoms with Crippen molar-refractivity contribution < 1.29 is 32.7 Å². The molecule has 0 aromatic heterocycles. The largest absolute Gasteiger partial charge is 3.00 e. The van der Waals surface area contributed by atoms with E-state index in [2.05, 4.69) is 13.8 Å². The molecule has 0 bridgehead atoms. The van der Waals surface area contributed by atoms with E-state index in [4.69, 9.17) is 0 Å². The van der Waals surface area contributed by atoms with Gasteiger partial charge in [0.1, 0.15) is 0 Å². The van der Waals surface area contributed by atoms with Crippen molar-refractivity contribution in [3.8, 4) is 0 Å². The van der Waals surface area contributed by atoms with Crippen LogP contribution in [-0.2, 0) is 32.7 Å². The predicted molar refractivity (Wildman–Crippen MR) is 33.1 cm³/mol. The summed E-state index contributed by atoms with van der Waals surface area (Å²) in [4.78, 5) is 0. The van der Waals surface area contributed by atoms with Crippen LogP contribution in [0.2, 0.25) is 0 Å². The van der Waals surface area contributed by atoms with Gasteiger partial charge in [-0.05, 0) is 0 Å². The summed E-state index contributed by atoms with van der Waals surface area (Å²) in [5.74, 6) is 0. The standard InChI is InChI=1S/C4H9.2CH3.Y/c1-3-4-2;;;/h1,3-4H2,2H3;2*1H3;/q3*-1;+3. The summed E-state index contributed by atoms with van der Waals surface area (Å²) in [5.41, 5.74) is 0. The van der Waals surface area contributed by atoms with Crippen molar-refractivity contribution in [3.63, 3.8) is 0 Å². The molecule has 0 aromatic rings. The molecule has 0 nitrogen and oxygen atoms in total. The van der Waals surface area contributed by atoms with E-state index in [0.717, 1.165) is 6.42 Å². The SMILES string of the molecule is [CH2-]CCC.[CH3-].[CH3-].[Y+3]. The summed E-state index contributed by atoms with van der Waals surface area (Å²) in [6.07, 6.45) is 2.28. The van der Waals surface area contributed by atoms with E-state index < -0.39 is 0 Å². The van der Waals surface area contributed by atoms with Crippen LogP contribution in [0.15, 0.2) is 0 Å². The van der Waals surface area contributed by atoms with E-state index in [-0.39, 0.29) is 47.6 Å². The Labute approximate surface area is 74.0 Å². The van der Waals surface area contributed by atoms with E-state index in [9.17, 15) is 0 Å². The van der Waals surface area contributed by atoms with Gasteiger partial charge in [0.25, 0.3) is 0 Å². The third-order valence-electron chi connectivity index (χ3n) is 0.354. The Kier molecular flexibility index (Phi) is 95.3. The summed E-state index contributed by atoms with van der Waals surface area (Å²) in [6.45, 7) is 5.72. The van der Waals surface area contributed by atoms with Crippen LogP contribution < -0.4 is 0 Å². The Morgan fingerprint density at radius 1 is 1.29 bits per heavy atom. The summed E-state index contributed by atoms with van der Waals surface area (Å²) in [5, 5.41) is 0. The van der Waals surface area contributed by atoms with Crippen LogP contribution in [0.1, 0.15) is 19.8 Å². The fourth-order valence-electron chi connectivity index (χ4n) is 0. The summed E-state index contributed by atoms with van der Waals surface area (Å²) in [7, 11) is 0. The minimum atomic E-state index is 0. The Balaban J connectivity index is -0.0000000150. The zero-order chi connectivity index (χ0) is 3.41. The van der Waals surface area contributed by atoms with Crippen molar-refractivity contribution >= 4 is 0 Å². The smallest absolute Gasteiger partial charge is 0.358 e. The van der Waals surface area contributed by atoms with Crippen LogP contribution in [0.25, 0.3) is 0 Å². The van der Waals surface area contributed by atoms with Crippen molar-refractivity contribution in [1.29, 1.82) is 0 Å². The Bertz CT molecular complexity index is 6.14. The second kappa shape index (κ2) is 27.5. The van der Waals surface area contributed by atoms with Crippen LogP contribution in [0.4, 0.5) is 0 Å². The topological polar surface area (TPSA) is 0 Å². The molecule has 0 aliphatic carbocycles. The number of hydrogen-bond acceptors (Lipinski definition) is 0. The maximum atomic E-state index is 3.60. The minimum absolute atomic E-state index is 0. The van der Waals surface area contributed by atoms with Crippen LogP contribution in [-0.4, -0.2) is 0 Å². The molecule has 0 unspecified atom stereocenters. The van der Waals surface area contributed by atoms with Gasteiger partial charge in [0, 0.05) is 0 Å². The van der Waals surface area contributed by atoms with E-state index >= 15 is 0 Å². The van der Waals surface area contributed by atoms with Gasteiger partial charge in [0.2, 0.25) is 0 Å². The zero-order valence-electron chi connectivity index (χ0n) is 5.70. The van der Waals surface area contributed by atoms with Crippen molar-refractivity contribution in [2.45, 2.75) is 19.8 Å². The first-order chi connectivity index (χ1) is 1.91. The minimum Gasteiger partial charge on any atom is -0.358 e. The summed E-state index contributed by atoms with van der Waals surface area (Å²) < 4.78 is 0. The van der Waals surface area contributed by atoms with Gasteiger partial charge in [-0.3, -0.25) is 0 Å². The molecule has 0 heterocycles. The molecule has 0 spiro atoms. The maximum Gasteiger partial charge on any atom is 3.00 e. The number of hydrogen-bond donors (Lipinski definition) is 0. The van der Waals surface area contributed by atoms with Crippen molar-refractivity contribution in [2.24, 2.45) is 0 Å². The van der Waals surface area contributed by atoms with Crippen LogP contribution >= 0.6 is 0 Å². The number of unbranched alkanes of at least 4 members (excludes halogenated alkanes) is 1. The molecular formula is C6H15Y. The second-order valence-corrected chi connectivity index (χ2v) is 0.854. The van der Waals surface area contributed by atoms with Gasteiger partial charge in [-0.15, -0.1) is 0 Å². The molecule has 7 heavy (non-hydrogen) atoms. The predicted octanol–water partition coefficient (Wildman–Crippen LogP) is 2.52. The van der Waals surface area contributed by atoms with Gasteiger partial charge < -0.3 is 21.8 Å². The molecule has 0 aliphatic heterocycles. The molecule has 42 valence electrons. The average Bonchev–Trinajstić information content (AvgIpc) is 1.37. The van der Waals surface area contributed by atoms with E-state index in [1.807, 2.05) is 0 Å². The molecule has 0 aliphatic rings. The third kappa shape index (κ3) is 41.8.